The lowest BCUT2D eigenvalue weighted by Crippen LogP contribution is -2.47. The summed E-state index contributed by atoms with van der Waals surface area (Å²) in [5, 5.41) is 10.2. The number of aldehydes is 1. The molecule has 23 heavy (non-hydrogen) atoms. The molecule has 2 N–H and O–H groups in total. The highest BCUT2D eigenvalue weighted by molar-refractivity contribution is 5.94. The van der Waals surface area contributed by atoms with Crippen LogP contribution in [0.3, 0.4) is 0 Å². The summed E-state index contributed by atoms with van der Waals surface area (Å²) in [5.41, 5.74) is 0.572. The van der Waals surface area contributed by atoms with E-state index in [4.69, 9.17) is 0 Å². The summed E-state index contributed by atoms with van der Waals surface area (Å²) in [6.07, 6.45) is 10.5. The number of rotatable bonds is 6. The van der Waals surface area contributed by atoms with Crippen LogP contribution in [-0.2, 0) is 0 Å². The summed E-state index contributed by atoms with van der Waals surface area (Å²) in [6, 6.07) is 2.10. The van der Waals surface area contributed by atoms with Gasteiger partial charge in [-0.05, 0) is 31.7 Å². The van der Waals surface area contributed by atoms with Gasteiger partial charge in [-0.1, -0.05) is 25.7 Å². The zero-order valence-electron chi connectivity index (χ0n) is 13.8. The highest BCUT2D eigenvalue weighted by Gasteiger charge is 2.48. The van der Waals surface area contributed by atoms with Gasteiger partial charge < -0.3 is 10.2 Å². The Morgan fingerprint density at radius 3 is 2.65 bits per heavy atom. The third kappa shape index (κ3) is 3.63. The first-order valence-corrected chi connectivity index (χ1v) is 8.67. The molecular weight excluding hydrogens is 292 g/mol. The number of nitrogens with zero attached hydrogens (tertiary/aromatic N) is 2. The molecule has 1 aromatic heterocycles. The number of nitrogens with one attached hydrogen (secondary N) is 2. The Balaban J connectivity index is 1.58. The number of carbonyl (C=O) groups excluding carboxylic acids is 2. The lowest BCUT2D eigenvalue weighted by molar-refractivity contribution is 0.0697. The molecule has 1 aromatic rings. The maximum Gasteiger partial charge on any atom is 0.274 e. The Morgan fingerprint density at radius 2 is 2.09 bits per heavy atom. The first-order chi connectivity index (χ1) is 11.1. The number of hydrogen-bond donors (Lipinski definition) is 2. The number of hydrogen-bond acceptors (Lipinski definition) is 4. The van der Waals surface area contributed by atoms with Gasteiger partial charge in [-0.15, -0.1) is 0 Å². The number of aromatic nitrogens is 2. The van der Waals surface area contributed by atoms with Gasteiger partial charge >= 0.3 is 0 Å². The Morgan fingerprint density at radius 1 is 1.39 bits per heavy atom. The van der Waals surface area contributed by atoms with Crippen molar-refractivity contribution in [3.63, 3.8) is 0 Å². The van der Waals surface area contributed by atoms with Gasteiger partial charge in [0.25, 0.3) is 5.91 Å². The minimum absolute atomic E-state index is 0.0797. The zero-order valence-corrected chi connectivity index (χ0v) is 13.8. The van der Waals surface area contributed by atoms with Crippen molar-refractivity contribution in [2.24, 2.45) is 0 Å². The van der Waals surface area contributed by atoms with Crippen LogP contribution in [0.15, 0.2) is 6.07 Å². The zero-order chi connectivity index (χ0) is 16.3. The quantitative estimate of drug-likeness (QED) is 0.622. The average molecular weight is 318 g/mol. The molecule has 6 nitrogen and oxygen atoms in total. The molecule has 2 fully saturated rings. The minimum Gasteiger partial charge on any atom is -0.333 e. The van der Waals surface area contributed by atoms with Gasteiger partial charge in [-0.2, -0.15) is 5.10 Å². The van der Waals surface area contributed by atoms with Crippen LogP contribution in [-0.4, -0.2) is 52.5 Å². The average Bonchev–Trinajstić information content (AvgIpc) is 3.28. The van der Waals surface area contributed by atoms with Gasteiger partial charge in [0.2, 0.25) is 0 Å². The first-order valence-electron chi connectivity index (χ1n) is 8.67. The summed E-state index contributed by atoms with van der Waals surface area (Å²) in [5.74, 6) is -0.116. The maximum atomic E-state index is 12.6. The van der Waals surface area contributed by atoms with E-state index < -0.39 is 0 Å². The van der Waals surface area contributed by atoms with Crippen molar-refractivity contribution in [1.82, 2.24) is 20.4 Å². The Kier molecular flexibility index (Phi) is 4.80. The van der Waals surface area contributed by atoms with Crippen LogP contribution in [0.25, 0.3) is 0 Å². The molecule has 0 saturated heterocycles. The minimum atomic E-state index is -0.116. The predicted molar refractivity (Wildman–Crippen MR) is 87.5 cm³/mol. The molecule has 2 aliphatic rings. The van der Waals surface area contributed by atoms with Crippen molar-refractivity contribution in [3.05, 3.63) is 17.5 Å². The van der Waals surface area contributed by atoms with Crippen molar-refractivity contribution in [3.8, 4) is 0 Å². The van der Waals surface area contributed by atoms with Gasteiger partial charge in [-0.3, -0.25) is 14.7 Å². The molecule has 2 saturated carbocycles. The summed E-state index contributed by atoms with van der Waals surface area (Å²) in [7, 11) is 1.85. The molecule has 126 valence electrons. The fourth-order valence-corrected chi connectivity index (χ4v) is 3.49. The van der Waals surface area contributed by atoms with E-state index in [1.165, 1.54) is 44.6 Å². The third-order valence-corrected chi connectivity index (χ3v) is 5.36. The fourth-order valence-electron chi connectivity index (χ4n) is 3.49. The van der Waals surface area contributed by atoms with Crippen molar-refractivity contribution in [2.75, 3.05) is 13.6 Å². The summed E-state index contributed by atoms with van der Waals surface area (Å²) in [4.78, 5) is 25.1. The normalized spacial score (nSPS) is 20.7. The molecule has 0 bridgehead atoms. The Hall–Kier alpha value is -1.69. The van der Waals surface area contributed by atoms with Crippen LogP contribution >= 0.6 is 0 Å². The second-order valence-corrected chi connectivity index (χ2v) is 6.98. The van der Waals surface area contributed by atoms with E-state index in [1.807, 2.05) is 11.9 Å². The summed E-state index contributed by atoms with van der Waals surface area (Å²) in [6.45, 7) is 0.852. The number of H-pyrrole nitrogens is 1. The van der Waals surface area contributed by atoms with Gasteiger partial charge in [0.05, 0.1) is 11.2 Å². The predicted octanol–water partition coefficient (Wildman–Crippen LogP) is 2.14. The van der Waals surface area contributed by atoms with Crippen LogP contribution in [0.4, 0.5) is 0 Å². The number of likely N-dealkylation sites (N-methyl/N-ethyl adjacent to an activating group) is 1. The summed E-state index contributed by atoms with van der Waals surface area (Å²) < 4.78 is 0. The highest BCUT2D eigenvalue weighted by atomic mass is 16.2. The van der Waals surface area contributed by atoms with Gasteiger partial charge in [-0.25, -0.2) is 0 Å². The number of carbonyl (C=O) groups is 2. The largest absolute Gasteiger partial charge is 0.333 e. The van der Waals surface area contributed by atoms with E-state index >= 15 is 0 Å². The second-order valence-electron chi connectivity index (χ2n) is 6.98. The molecule has 0 unspecified atom stereocenters. The molecule has 0 aliphatic heterocycles. The Bertz CT molecular complexity index is 557. The Labute approximate surface area is 137 Å². The molecule has 1 heterocycles. The molecular formula is C17H26N4O2. The van der Waals surface area contributed by atoms with Crippen LogP contribution in [0.2, 0.25) is 0 Å². The SMILES string of the molecule is CN(C(=O)c1cc(C=O)[nH]n1)C1(CNC2CCCCCC2)CC1. The van der Waals surface area contributed by atoms with Gasteiger partial charge in [0.1, 0.15) is 0 Å². The van der Waals surface area contributed by atoms with E-state index in [9.17, 15) is 9.59 Å². The van der Waals surface area contributed by atoms with E-state index in [1.54, 1.807) is 0 Å². The van der Waals surface area contributed by atoms with Crippen LogP contribution in [0, 0.1) is 0 Å². The standard InChI is InChI=1S/C17H26N4O2/c1-21(16(23)15-10-14(11-22)19-20-15)17(8-9-17)12-18-13-6-4-2-3-5-7-13/h10-11,13,18H,2-9,12H2,1H3,(H,19,20). The second kappa shape index (κ2) is 6.83. The third-order valence-electron chi connectivity index (χ3n) is 5.36. The van der Waals surface area contributed by atoms with Crippen molar-refractivity contribution < 1.29 is 9.59 Å². The molecule has 0 spiro atoms. The van der Waals surface area contributed by atoms with Gasteiger partial charge in [0.15, 0.2) is 12.0 Å². The van der Waals surface area contributed by atoms with Gasteiger partial charge in [0, 0.05) is 19.6 Å². The monoisotopic (exact) mass is 318 g/mol. The van der Waals surface area contributed by atoms with Crippen LogP contribution in [0.5, 0.6) is 0 Å². The van der Waals surface area contributed by atoms with Crippen LogP contribution in [0.1, 0.15) is 72.3 Å². The smallest absolute Gasteiger partial charge is 0.274 e. The summed E-state index contributed by atoms with van der Waals surface area (Å²) >= 11 is 0. The molecule has 0 radical (unpaired) electrons. The fraction of sp³-hybridized carbons (Fsp3) is 0.706. The van der Waals surface area contributed by atoms with E-state index in [0.717, 1.165) is 19.4 Å². The van der Waals surface area contributed by atoms with E-state index in [0.29, 0.717) is 23.7 Å². The molecule has 3 rings (SSSR count). The lowest BCUT2D eigenvalue weighted by atomic mass is 10.1. The molecule has 0 aromatic carbocycles. The maximum absolute atomic E-state index is 12.6. The molecule has 0 atom stereocenters. The van der Waals surface area contributed by atoms with Crippen LogP contribution < -0.4 is 5.32 Å². The van der Waals surface area contributed by atoms with Crippen molar-refractivity contribution >= 4 is 12.2 Å². The highest BCUT2D eigenvalue weighted by Crippen LogP contribution is 2.41. The number of aromatic amines is 1. The lowest BCUT2D eigenvalue weighted by Gasteiger charge is -2.30. The van der Waals surface area contributed by atoms with E-state index in [-0.39, 0.29) is 11.4 Å². The molecule has 2 aliphatic carbocycles. The first kappa shape index (κ1) is 16.2. The van der Waals surface area contributed by atoms with E-state index in [2.05, 4.69) is 15.5 Å². The number of amides is 1. The van der Waals surface area contributed by atoms with Crippen molar-refractivity contribution in [2.45, 2.75) is 62.9 Å². The topological polar surface area (TPSA) is 78.1 Å². The molecule has 6 heteroatoms. The van der Waals surface area contributed by atoms with Crippen molar-refractivity contribution in [1.29, 1.82) is 0 Å². The molecule has 1 amide bonds.